The van der Waals surface area contributed by atoms with E-state index in [-0.39, 0.29) is 11.4 Å². The standard InChI is InChI=1S/C26H25F3N8O/c27-26(28,29)19-7-8-32-20(14-19)34-25(38)17-5-3-16(4-6-17)22-21-23(36-35-22)18(15-33-24(21)30)2-1-11-37-12-9-31-10-13-37/h1-8,14-15,31H,9-13H2,(H2,30,33)(H,35,36)(H,32,34,38)/b2-1+. The highest BCUT2D eigenvalue weighted by Gasteiger charge is 2.31. The van der Waals surface area contributed by atoms with Gasteiger partial charge in [0.1, 0.15) is 17.2 Å². The summed E-state index contributed by atoms with van der Waals surface area (Å²) < 4.78 is 38.8. The Balaban J connectivity index is 1.34. The molecule has 5 rings (SSSR count). The van der Waals surface area contributed by atoms with Crippen LogP contribution in [-0.4, -0.2) is 63.7 Å². The lowest BCUT2D eigenvalue weighted by molar-refractivity contribution is -0.137. The van der Waals surface area contributed by atoms with Crippen molar-refractivity contribution in [2.45, 2.75) is 6.18 Å². The summed E-state index contributed by atoms with van der Waals surface area (Å²) in [5, 5.41) is 13.9. The second kappa shape index (κ2) is 10.6. The van der Waals surface area contributed by atoms with Crippen molar-refractivity contribution < 1.29 is 18.0 Å². The summed E-state index contributed by atoms with van der Waals surface area (Å²) in [5.74, 6) is -0.457. The second-order valence-electron chi connectivity index (χ2n) is 8.83. The Morgan fingerprint density at radius 2 is 1.89 bits per heavy atom. The van der Waals surface area contributed by atoms with Crippen LogP contribution in [0, 0.1) is 0 Å². The minimum Gasteiger partial charge on any atom is -0.383 e. The zero-order valence-corrected chi connectivity index (χ0v) is 20.2. The van der Waals surface area contributed by atoms with Crippen LogP contribution in [0.5, 0.6) is 0 Å². The average molecular weight is 523 g/mol. The van der Waals surface area contributed by atoms with E-state index in [0.29, 0.717) is 22.4 Å². The molecule has 1 amide bonds. The Morgan fingerprint density at radius 3 is 2.63 bits per heavy atom. The molecule has 4 aromatic rings. The smallest absolute Gasteiger partial charge is 0.383 e. The number of hydrogen-bond donors (Lipinski definition) is 4. The maximum absolute atomic E-state index is 12.9. The number of nitrogens with zero attached hydrogens (tertiary/aromatic N) is 4. The molecule has 1 aromatic carbocycles. The molecule has 0 spiro atoms. The molecule has 1 saturated heterocycles. The molecule has 0 atom stereocenters. The molecule has 0 bridgehead atoms. The van der Waals surface area contributed by atoms with Gasteiger partial charge in [0.2, 0.25) is 0 Å². The Morgan fingerprint density at radius 1 is 1.13 bits per heavy atom. The third-order valence-corrected chi connectivity index (χ3v) is 6.27. The van der Waals surface area contributed by atoms with Crippen LogP contribution in [0.1, 0.15) is 21.5 Å². The highest BCUT2D eigenvalue weighted by molar-refractivity contribution is 6.05. The van der Waals surface area contributed by atoms with Crippen molar-refractivity contribution >= 4 is 34.5 Å². The van der Waals surface area contributed by atoms with Gasteiger partial charge in [-0.15, -0.1) is 0 Å². The van der Waals surface area contributed by atoms with Crippen LogP contribution in [-0.2, 0) is 6.18 Å². The molecule has 5 N–H and O–H groups in total. The topological polar surface area (TPSA) is 125 Å². The quantitative estimate of drug-likeness (QED) is 0.304. The summed E-state index contributed by atoms with van der Waals surface area (Å²) in [6, 6.07) is 8.15. The predicted molar refractivity (Wildman–Crippen MR) is 139 cm³/mol. The van der Waals surface area contributed by atoms with Crippen molar-refractivity contribution in [2.75, 3.05) is 43.8 Å². The van der Waals surface area contributed by atoms with Crippen molar-refractivity contribution in [1.82, 2.24) is 30.4 Å². The van der Waals surface area contributed by atoms with E-state index in [9.17, 15) is 18.0 Å². The molecule has 12 heteroatoms. The number of carbonyl (C=O) groups is 1. The number of pyridine rings is 2. The number of aromatic nitrogens is 4. The molecule has 196 valence electrons. The van der Waals surface area contributed by atoms with Crippen LogP contribution in [0.15, 0.2) is 54.9 Å². The fourth-order valence-electron chi connectivity index (χ4n) is 4.27. The first-order chi connectivity index (χ1) is 18.3. The number of rotatable bonds is 6. The largest absolute Gasteiger partial charge is 0.416 e. The lowest BCUT2D eigenvalue weighted by Crippen LogP contribution is -2.43. The van der Waals surface area contributed by atoms with Crippen molar-refractivity contribution in [3.63, 3.8) is 0 Å². The molecule has 0 radical (unpaired) electrons. The number of halogens is 3. The summed E-state index contributed by atoms with van der Waals surface area (Å²) in [5.41, 5.74) is 8.43. The van der Waals surface area contributed by atoms with Gasteiger partial charge in [0, 0.05) is 61.8 Å². The molecule has 0 aliphatic carbocycles. The van der Waals surface area contributed by atoms with Gasteiger partial charge in [-0.05, 0) is 24.3 Å². The molecule has 1 aliphatic rings. The van der Waals surface area contributed by atoms with E-state index in [0.717, 1.165) is 62.2 Å². The fraction of sp³-hybridized carbons (Fsp3) is 0.231. The summed E-state index contributed by atoms with van der Waals surface area (Å²) in [6.45, 7) is 4.78. The minimum atomic E-state index is -4.53. The number of H-pyrrole nitrogens is 1. The number of benzene rings is 1. The zero-order valence-electron chi connectivity index (χ0n) is 20.2. The predicted octanol–water partition coefficient (Wildman–Crippen LogP) is 3.79. The molecule has 38 heavy (non-hydrogen) atoms. The van der Waals surface area contributed by atoms with Crippen LogP contribution < -0.4 is 16.4 Å². The van der Waals surface area contributed by atoms with Gasteiger partial charge < -0.3 is 16.4 Å². The first kappa shape index (κ1) is 25.4. The maximum atomic E-state index is 12.9. The summed E-state index contributed by atoms with van der Waals surface area (Å²) in [4.78, 5) is 23.1. The number of hydrogen-bond acceptors (Lipinski definition) is 7. The summed E-state index contributed by atoms with van der Waals surface area (Å²) in [7, 11) is 0. The average Bonchev–Trinajstić information content (AvgIpc) is 3.37. The number of piperazine rings is 1. The molecule has 0 saturated carbocycles. The Bertz CT molecular complexity index is 1470. The van der Waals surface area contributed by atoms with E-state index in [2.05, 4.69) is 41.8 Å². The molecule has 1 aliphatic heterocycles. The number of fused-ring (bicyclic) bond motifs is 1. The lowest BCUT2D eigenvalue weighted by atomic mass is 10.0. The Kier molecular flexibility index (Phi) is 7.07. The number of nitrogens with one attached hydrogen (secondary N) is 3. The Hall–Kier alpha value is -4.29. The van der Waals surface area contributed by atoms with Gasteiger partial charge in [-0.3, -0.25) is 14.8 Å². The molecule has 3 aromatic heterocycles. The van der Waals surface area contributed by atoms with Crippen molar-refractivity contribution in [3.8, 4) is 11.3 Å². The van der Waals surface area contributed by atoms with Crippen molar-refractivity contribution in [2.24, 2.45) is 0 Å². The number of alkyl halides is 3. The SMILES string of the molecule is Nc1ncc(/C=C/CN2CCNCC2)c2n[nH]c(-c3ccc(C(=O)Nc4cc(C(F)(F)F)ccn4)cc3)c12. The number of amides is 1. The first-order valence-electron chi connectivity index (χ1n) is 12.0. The molecule has 1 fully saturated rings. The van der Waals surface area contributed by atoms with Crippen LogP contribution in [0.4, 0.5) is 24.8 Å². The normalized spacial score (nSPS) is 14.8. The summed E-state index contributed by atoms with van der Waals surface area (Å²) >= 11 is 0. The number of aromatic amines is 1. The van der Waals surface area contributed by atoms with E-state index in [4.69, 9.17) is 5.73 Å². The second-order valence-corrected chi connectivity index (χ2v) is 8.83. The van der Waals surface area contributed by atoms with Gasteiger partial charge >= 0.3 is 6.18 Å². The van der Waals surface area contributed by atoms with Gasteiger partial charge in [0.25, 0.3) is 5.91 Å². The third kappa shape index (κ3) is 5.50. The number of anilines is 2. The molecule has 0 unspecified atom stereocenters. The number of nitrogen functional groups attached to an aromatic ring is 1. The van der Waals surface area contributed by atoms with E-state index in [1.54, 1.807) is 30.5 Å². The first-order valence-corrected chi connectivity index (χ1v) is 12.0. The minimum absolute atomic E-state index is 0.190. The Labute approximate surface area is 216 Å². The van der Waals surface area contributed by atoms with Crippen LogP contribution in [0.3, 0.4) is 0 Å². The summed E-state index contributed by atoms with van der Waals surface area (Å²) in [6.07, 6.45) is 2.22. The van der Waals surface area contributed by atoms with Gasteiger partial charge in [-0.25, -0.2) is 9.97 Å². The van der Waals surface area contributed by atoms with Gasteiger partial charge in [-0.1, -0.05) is 24.3 Å². The lowest BCUT2D eigenvalue weighted by Gasteiger charge is -2.25. The zero-order chi connectivity index (χ0) is 26.7. The van der Waals surface area contributed by atoms with Crippen molar-refractivity contribution in [1.29, 1.82) is 0 Å². The third-order valence-electron chi connectivity index (χ3n) is 6.27. The fourth-order valence-corrected chi connectivity index (χ4v) is 4.27. The van der Waals surface area contributed by atoms with Gasteiger partial charge in [0.05, 0.1) is 16.6 Å². The molecule has 9 nitrogen and oxygen atoms in total. The highest BCUT2D eigenvalue weighted by Crippen LogP contribution is 2.32. The monoisotopic (exact) mass is 522 g/mol. The van der Waals surface area contributed by atoms with Gasteiger partial charge in [0.15, 0.2) is 0 Å². The van der Waals surface area contributed by atoms with Crippen molar-refractivity contribution in [3.05, 3.63) is 71.6 Å². The van der Waals surface area contributed by atoms with E-state index in [1.165, 1.54) is 0 Å². The van der Waals surface area contributed by atoms with E-state index in [1.807, 2.05) is 6.08 Å². The number of carbonyl (C=O) groups excluding carboxylic acids is 1. The van der Waals surface area contributed by atoms with Crippen LogP contribution in [0.2, 0.25) is 0 Å². The van der Waals surface area contributed by atoms with E-state index >= 15 is 0 Å². The maximum Gasteiger partial charge on any atom is 0.416 e. The molecular formula is C26H25F3N8O. The van der Waals surface area contributed by atoms with Gasteiger partial charge in [-0.2, -0.15) is 18.3 Å². The molecular weight excluding hydrogens is 497 g/mol. The van der Waals surface area contributed by atoms with Crippen LogP contribution in [0.25, 0.3) is 28.2 Å². The molecule has 4 heterocycles. The van der Waals surface area contributed by atoms with E-state index < -0.39 is 17.6 Å². The number of nitrogens with two attached hydrogens (primary N) is 1. The highest BCUT2D eigenvalue weighted by atomic mass is 19.4. The van der Waals surface area contributed by atoms with Crippen LogP contribution >= 0.6 is 0 Å².